The van der Waals surface area contributed by atoms with Gasteiger partial charge >= 0.3 is 0 Å². The van der Waals surface area contributed by atoms with Gasteiger partial charge in [-0.2, -0.15) is 0 Å². The molecule has 0 aromatic heterocycles. The molecule has 0 radical (unpaired) electrons. The molecule has 0 bridgehead atoms. The molecule has 0 saturated carbocycles. The number of ketones is 1. The number of phenolic OH excluding ortho intramolecular Hbond substituents is 1. The molecule has 4 heteroatoms. The van der Waals surface area contributed by atoms with Crippen LogP contribution < -0.4 is 0 Å². The van der Waals surface area contributed by atoms with Crippen molar-refractivity contribution in [2.24, 2.45) is 0 Å². The molecule has 0 amide bonds. The number of hydrogen-bond acceptors (Lipinski definition) is 3. The Kier molecular flexibility index (Phi) is 3.66. The second-order valence-electron chi connectivity index (χ2n) is 2.98. The van der Waals surface area contributed by atoms with Crippen LogP contribution in [0.25, 0.3) is 0 Å². The molecule has 1 aromatic carbocycles. The first kappa shape index (κ1) is 11.2. The van der Waals surface area contributed by atoms with Gasteiger partial charge in [0.15, 0.2) is 0 Å². The van der Waals surface area contributed by atoms with Crippen molar-refractivity contribution in [2.45, 2.75) is 18.4 Å². The van der Waals surface area contributed by atoms with Crippen LogP contribution in [-0.4, -0.2) is 16.0 Å². The lowest BCUT2D eigenvalue weighted by atomic mass is 10.0. The van der Waals surface area contributed by atoms with Crippen molar-refractivity contribution in [3.8, 4) is 5.75 Å². The topological polar surface area (TPSA) is 57.5 Å². The lowest BCUT2D eigenvalue weighted by Crippen LogP contribution is -2.05. The highest BCUT2D eigenvalue weighted by Crippen LogP contribution is 2.33. The van der Waals surface area contributed by atoms with E-state index in [1.807, 2.05) is 0 Å². The van der Waals surface area contributed by atoms with E-state index in [4.69, 9.17) is 5.11 Å². The summed E-state index contributed by atoms with van der Waals surface area (Å²) in [4.78, 5) is 10.6. The molecule has 1 unspecified atom stereocenters. The monoisotopic (exact) mass is 258 g/mol. The molecular formula is C10H11BrO3. The summed E-state index contributed by atoms with van der Waals surface area (Å²) in [5.74, 6) is -0.0881. The summed E-state index contributed by atoms with van der Waals surface area (Å²) in [7, 11) is 0. The molecule has 3 nitrogen and oxygen atoms in total. The van der Waals surface area contributed by atoms with Crippen LogP contribution in [0.5, 0.6) is 5.75 Å². The largest absolute Gasteiger partial charge is 0.508 e. The number of carbonyl (C=O) groups is 1. The minimum absolute atomic E-state index is 0.0219. The van der Waals surface area contributed by atoms with Gasteiger partial charge in [0.2, 0.25) is 0 Å². The SMILES string of the molecule is CC(=O)C(Br)c1c(O)cccc1CO. The fourth-order valence-corrected chi connectivity index (χ4v) is 1.76. The molecule has 0 aliphatic heterocycles. The van der Waals surface area contributed by atoms with Gasteiger partial charge in [-0.25, -0.2) is 0 Å². The van der Waals surface area contributed by atoms with Crippen LogP contribution in [0, 0.1) is 0 Å². The molecule has 0 heterocycles. The summed E-state index contributed by atoms with van der Waals surface area (Å²) in [5, 5.41) is 18.6. The Hall–Kier alpha value is -0.870. The van der Waals surface area contributed by atoms with Gasteiger partial charge in [-0.1, -0.05) is 28.1 Å². The number of aliphatic hydroxyl groups excluding tert-OH is 1. The summed E-state index contributed by atoms with van der Waals surface area (Å²) < 4.78 is 0. The van der Waals surface area contributed by atoms with Crippen LogP contribution in [0.15, 0.2) is 18.2 Å². The van der Waals surface area contributed by atoms with Gasteiger partial charge in [-0.3, -0.25) is 4.79 Å². The minimum Gasteiger partial charge on any atom is -0.508 e. The van der Waals surface area contributed by atoms with E-state index < -0.39 is 4.83 Å². The van der Waals surface area contributed by atoms with Crippen molar-refractivity contribution in [2.75, 3.05) is 0 Å². The Bertz CT molecular complexity index is 349. The zero-order valence-electron chi connectivity index (χ0n) is 7.70. The van der Waals surface area contributed by atoms with Crippen LogP contribution >= 0.6 is 15.9 Å². The van der Waals surface area contributed by atoms with Gasteiger partial charge < -0.3 is 10.2 Å². The molecular weight excluding hydrogens is 248 g/mol. The zero-order chi connectivity index (χ0) is 10.7. The first-order valence-electron chi connectivity index (χ1n) is 4.14. The molecule has 0 fully saturated rings. The van der Waals surface area contributed by atoms with Crippen LogP contribution in [0.1, 0.15) is 22.9 Å². The van der Waals surface area contributed by atoms with Crippen molar-refractivity contribution in [3.05, 3.63) is 29.3 Å². The number of aliphatic hydroxyl groups is 1. The normalized spacial score (nSPS) is 12.5. The van der Waals surface area contributed by atoms with Crippen LogP contribution in [0.2, 0.25) is 0 Å². The number of carbonyl (C=O) groups excluding carboxylic acids is 1. The number of benzene rings is 1. The first-order chi connectivity index (χ1) is 6.57. The highest BCUT2D eigenvalue weighted by atomic mass is 79.9. The second-order valence-corrected chi connectivity index (χ2v) is 3.90. The van der Waals surface area contributed by atoms with Crippen LogP contribution in [0.3, 0.4) is 0 Å². The van der Waals surface area contributed by atoms with Gasteiger partial charge in [-0.05, 0) is 18.6 Å². The van der Waals surface area contributed by atoms with Crippen LogP contribution in [0.4, 0.5) is 0 Å². The molecule has 2 N–H and O–H groups in total. The molecule has 0 saturated heterocycles. The molecule has 0 spiro atoms. The van der Waals surface area contributed by atoms with Gasteiger partial charge in [0.25, 0.3) is 0 Å². The quantitative estimate of drug-likeness (QED) is 0.815. The van der Waals surface area contributed by atoms with Gasteiger partial charge in [-0.15, -0.1) is 0 Å². The highest BCUT2D eigenvalue weighted by molar-refractivity contribution is 9.09. The van der Waals surface area contributed by atoms with E-state index in [-0.39, 0.29) is 18.1 Å². The fraction of sp³-hybridized carbons (Fsp3) is 0.300. The Morgan fingerprint density at radius 2 is 2.21 bits per heavy atom. The fourth-order valence-electron chi connectivity index (χ4n) is 1.23. The summed E-state index contributed by atoms with van der Waals surface area (Å²) in [6.45, 7) is 1.23. The molecule has 0 aliphatic carbocycles. The number of alkyl halides is 1. The Labute approximate surface area is 90.5 Å². The van der Waals surface area contributed by atoms with Crippen molar-refractivity contribution in [3.63, 3.8) is 0 Å². The maximum atomic E-state index is 11.1. The van der Waals surface area contributed by atoms with E-state index >= 15 is 0 Å². The van der Waals surface area contributed by atoms with E-state index in [1.54, 1.807) is 12.1 Å². The van der Waals surface area contributed by atoms with E-state index in [1.165, 1.54) is 13.0 Å². The van der Waals surface area contributed by atoms with E-state index in [0.29, 0.717) is 11.1 Å². The molecule has 1 rings (SSSR count). The minimum atomic E-state index is -0.564. The smallest absolute Gasteiger partial charge is 0.147 e. The van der Waals surface area contributed by atoms with Gasteiger partial charge in [0, 0.05) is 5.56 Å². The Morgan fingerprint density at radius 1 is 1.57 bits per heavy atom. The molecule has 1 atom stereocenters. The Morgan fingerprint density at radius 3 is 2.71 bits per heavy atom. The third-order valence-corrected chi connectivity index (χ3v) is 3.06. The Balaban J connectivity index is 3.23. The molecule has 76 valence electrons. The summed E-state index contributed by atoms with van der Waals surface area (Å²) >= 11 is 3.17. The number of hydrogen-bond donors (Lipinski definition) is 2. The standard InChI is InChI=1S/C10H11BrO3/c1-6(13)10(11)9-7(5-12)3-2-4-8(9)14/h2-4,10,12,14H,5H2,1H3. The van der Waals surface area contributed by atoms with Crippen LogP contribution in [-0.2, 0) is 11.4 Å². The van der Waals surface area contributed by atoms with Crippen molar-refractivity contribution in [1.82, 2.24) is 0 Å². The maximum absolute atomic E-state index is 11.1. The lowest BCUT2D eigenvalue weighted by Gasteiger charge is -2.12. The van der Waals surface area contributed by atoms with E-state index in [2.05, 4.69) is 15.9 Å². The zero-order valence-corrected chi connectivity index (χ0v) is 9.28. The molecule has 1 aromatic rings. The maximum Gasteiger partial charge on any atom is 0.147 e. The highest BCUT2D eigenvalue weighted by Gasteiger charge is 2.19. The van der Waals surface area contributed by atoms with E-state index in [9.17, 15) is 9.90 Å². The number of rotatable bonds is 3. The van der Waals surface area contributed by atoms with Crippen molar-refractivity contribution in [1.29, 1.82) is 0 Å². The van der Waals surface area contributed by atoms with Crippen molar-refractivity contribution < 1.29 is 15.0 Å². The van der Waals surface area contributed by atoms with Gasteiger partial charge in [0.05, 0.1) is 6.61 Å². The lowest BCUT2D eigenvalue weighted by molar-refractivity contribution is -0.116. The average molecular weight is 259 g/mol. The summed E-state index contributed by atoms with van der Waals surface area (Å²) in [6.07, 6.45) is 0. The number of phenols is 1. The average Bonchev–Trinajstić information content (AvgIpc) is 2.16. The summed E-state index contributed by atoms with van der Waals surface area (Å²) in [5.41, 5.74) is 1.00. The molecule has 14 heavy (non-hydrogen) atoms. The first-order valence-corrected chi connectivity index (χ1v) is 5.05. The number of aromatic hydroxyl groups is 1. The third kappa shape index (κ3) is 2.13. The van der Waals surface area contributed by atoms with Gasteiger partial charge in [0.1, 0.15) is 16.4 Å². The van der Waals surface area contributed by atoms with E-state index in [0.717, 1.165) is 0 Å². The predicted octanol–water partition coefficient (Wildman–Crippen LogP) is 1.91. The predicted molar refractivity (Wildman–Crippen MR) is 56.4 cm³/mol. The third-order valence-electron chi connectivity index (χ3n) is 1.95. The second kappa shape index (κ2) is 4.57. The number of Topliss-reactive ketones (excluding diaryl/α,β-unsaturated/α-hetero) is 1. The number of halogens is 1. The molecule has 0 aliphatic rings. The van der Waals surface area contributed by atoms with Crippen molar-refractivity contribution >= 4 is 21.7 Å². The summed E-state index contributed by atoms with van der Waals surface area (Å²) in [6, 6.07) is 4.79.